The predicted molar refractivity (Wildman–Crippen MR) is 87.2 cm³/mol. The molecule has 0 aliphatic heterocycles. The molecule has 0 fully saturated rings. The number of nitrogens with two attached hydrogens (primary N) is 1. The van der Waals surface area contributed by atoms with E-state index in [1.807, 2.05) is 12.1 Å². The van der Waals surface area contributed by atoms with Crippen molar-refractivity contribution in [3.63, 3.8) is 0 Å². The zero-order chi connectivity index (χ0) is 14.3. The molecule has 4 heteroatoms. The molecule has 0 amide bonds. The van der Waals surface area contributed by atoms with E-state index in [0.29, 0.717) is 6.54 Å². The number of hydrogen-bond acceptors (Lipinski definition) is 3. The lowest BCUT2D eigenvalue weighted by Gasteiger charge is -2.33. The molecule has 0 saturated heterocycles. The molecule has 1 aliphatic carbocycles. The third-order valence-corrected chi connectivity index (χ3v) is 6.62. The van der Waals surface area contributed by atoms with Crippen molar-refractivity contribution in [2.24, 2.45) is 5.73 Å². The molecule has 106 valence electrons. The molecule has 3 rings (SSSR count). The Balaban J connectivity index is 2.06. The van der Waals surface area contributed by atoms with Crippen LogP contribution in [-0.2, 0) is 11.8 Å². The Morgan fingerprint density at radius 2 is 2.20 bits per heavy atom. The molecule has 2 unspecified atom stereocenters. The van der Waals surface area contributed by atoms with Gasteiger partial charge in [-0.2, -0.15) is 0 Å². The van der Waals surface area contributed by atoms with Crippen LogP contribution in [0.3, 0.4) is 0 Å². The summed E-state index contributed by atoms with van der Waals surface area (Å²) in [6, 6.07) is 10.4. The van der Waals surface area contributed by atoms with E-state index in [1.54, 1.807) is 11.3 Å². The Hall–Kier alpha value is -0.680. The number of thiophene rings is 1. The number of halogens is 1. The normalized spacial score (nSPS) is 22.8. The van der Waals surface area contributed by atoms with Gasteiger partial charge in [0.2, 0.25) is 0 Å². The topological polar surface area (TPSA) is 46.2 Å². The highest BCUT2D eigenvalue weighted by atomic mass is 79.9. The van der Waals surface area contributed by atoms with Crippen molar-refractivity contribution < 1.29 is 5.11 Å². The molecule has 0 spiro atoms. The van der Waals surface area contributed by atoms with Gasteiger partial charge in [-0.1, -0.05) is 24.3 Å². The van der Waals surface area contributed by atoms with Crippen LogP contribution in [0.2, 0.25) is 0 Å². The van der Waals surface area contributed by atoms with Crippen LogP contribution in [0.25, 0.3) is 0 Å². The summed E-state index contributed by atoms with van der Waals surface area (Å²) in [4.78, 5) is 2.19. The highest BCUT2D eigenvalue weighted by Crippen LogP contribution is 2.48. The Bertz CT molecular complexity index is 620. The van der Waals surface area contributed by atoms with Crippen LogP contribution in [0.15, 0.2) is 34.8 Å². The van der Waals surface area contributed by atoms with Crippen molar-refractivity contribution in [2.45, 2.75) is 31.3 Å². The van der Waals surface area contributed by atoms with Crippen molar-refractivity contribution in [2.75, 3.05) is 6.54 Å². The fraction of sp³-hybridized carbons (Fsp3) is 0.375. The summed E-state index contributed by atoms with van der Waals surface area (Å²) in [6.07, 6.45) is 1.38. The Labute approximate surface area is 131 Å². The summed E-state index contributed by atoms with van der Waals surface area (Å²) in [5.41, 5.74) is 8.30. The fourth-order valence-electron chi connectivity index (χ4n) is 3.21. The van der Waals surface area contributed by atoms with Gasteiger partial charge in [-0.3, -0.25) is 0 Å². The number of aryl methyl sites for hydroxylation is 2. The van der Waals surface area contributed by atoms with E-state index in [9.17, 15) is 5.11 Å². The van der Waals surface area contributed by atoms with Crippen LogP contribution in [-0.4, -0.2) is 11.7 Å². The highest BCUT2D eigenvalue weighted by Gasteiger charge is 2.44. The lowest BCUT2D eigenvalue weighted by atomic mass is 9.76. The van der Waals surface area contributed by atoms with E-state index in [2.05, 4.69) is 41.1 Å². The lowest BCUT2D eigenvalue weighted by molar-refractivity contribution is 0.0872. The number of aliphatic hydroxyl groups is 1. The molecular formula is C16H18BrNOS. The first kappa shape index (κ1) is 14.3. The molecule has 2 atom stereocenters. The maximum Gasteiger partial charge on any atom is 0.0991 e. The van der Waals surface area contributed by atoms with Crippen LogP contribution in [0.5, 0.6) is 0 Å². The Morgan fingerprint density at radius 1 is 1.45 bits per heavy atom. The predicted octanol–water partition coefficient (Wildman–Crippen LogP) is 3.70. The lowest BCUT2D eigenvalue weighted by Crippen LogP contribution is -2.38. The number of hydrogen-bond donors (Lipinski definition) is 2. The molecule has 1 aliphatic rings. The Morgan fingerprint density at radius 3 is 2.85 bits per heavy atom. The summed E-state index contributed by atoms with van der Waals surface area (Å²) in [7, 11) is 0. The minimum Gasteiger partial charge on any atom is -0.387 e. The number of rotatable bonds is 3. The quantitative estimate of drug-likeness (QED) is 0.885. The van der Waals surface area contributed by atoms with Gasteiger partial charge in [0.25, 0.3) is 0 Å². The second kappa shape index (κ2) is 5.26. The van der Waals surface area contributed by atoms with Gasteiger partial charge in [0.05, 0.1) is 6.10 Å². The fourth-order valence-corrected chi connectivity index (χ4v) is 4.88. The molecule has 0 saturated carbocycles. The van der Waals surface area contributed by atoms with Crippen molar-refractivity contribution in [1.82, 2.24) is 0 Å². The third kappa shape index (κ3) is 2.06. The van der Waals surface area contributed by atoms with Crippen molar-refractivity contribution in [3.8, 4) is 0 Å². The van der Waals surface area contributed by atoms with Crippen molar-refractivity contribution in [1.29, 1.82) is 0 Å². The standard InChI is InChI=1S/C16H18BrNOS/c1-10-13(17)8-14(20-10)15(19)16(9-18)7-6-11-4-2-3-5-12(11)16/h2-5,8,15,19H,6-7,9,18H2,1H3. The van der Waals surface area contributed by atoms with Gasteiger partial charge in [-0.25, -0.2) is 0 Å². The van der Waals surface area contributed by atoms with Crippen LogP contribution >= 0.6 is 27.3 Å². The van der Waals surface area contributed by atoms with E-state index >= 15 is 0 Å². The van der Waals surface area contributed by atoms with Crippen LogP contribution in [0.1, 0.15) is 33.4 Å². The zero-order valence-corrected chi connectivity index (χ0v) is 13.8. The molecule has 0 bridgehead atoms. The van der Waals surface area contributed by atoms with E-state index in [1.165, 1.54) is 16.0 Å². The third-order valence-electron chi connectivity index (χ3n) is 4.43. The van der Waals surface area contributed by atoms with Gasteiger partial charge in [-0.05, 0) is 52.9 Å². The summed E-state index contributed by atoms with van der Waals surface area (Å²) < 4.78 is 1.06. The van der Waals surface area contributed by atoms with E-state index in [4.69, 9.17) is 5.73 Å². The second-order valence-electron chi connectivity index (χ2n) is 5.47. The van der Waals surface area contributed by atoms with Gasteiger partial charge < -0.3 is 10.8 Å². The summed E-state index contributed by atoms with van der Waals surface area (Å²) >= 11 is 5.18. The van der Waals surface area contributed by atoms with Crippen molar-refractivity contribution in [3.05, 3.63) is 55.7 Å². The van der Waals surface area contributed by atoms with Crippen LogP contribution < -0.4 is 5.73 Å². The summed E-state index contributed by atoms with van der Waals surface area (Å²) in [5.74, 6) is 0. The largest absolute Gasteiger partial charge is 0.387 e. The van der Waals surface area contributed by atoms with Gasteiger partial charge in [0.15, 0.2) is 0 Å². The monoisotopic (exact) mass is 351 g/mol. The van der Waals surface area contributed by atoms with Gasteiger partial charge >= 0.3 is 0 Å². The summed E-state index contributed by atoms with van der Waals surface area (Å²) in [6.45, 7) is 2.53. The van der Waals surface area contributed by atoms with Gasteiger partial charge in [-0.15, -0.1) is 11.3 Å². The minimum absolute atomic E-state index is 0.340. The molecule has 2 aromatic rings. The van der Waals surface area contributed by atoms with E-state index in [-0.39, 0.29) is 5.41 Å². The number of benzene rings is 1. The molecule has 1 heterocycles. The SMILES string of the molecule is Cc1sc(C(O)C2(CN)CCc3ccccc32)cc1Br. The first-order valence-corrected chi connectivity index (χ1v) is 8.42. The van der Waals surface area contributed by atoms with E-state index < -0.39 is 6.10 Å². The molecule has 20 heavy (non-hydrogen) atoms. The van der Waals surface area contributed by atoms with Gasteiger partial charge in [0, 0.05) is 26.2 Å². The molecule has 0 radical (unpaired) electrons. The second-order valence-corrected chi connectivity index (χ2v) is 7.62. The average molecular weight is 352 g/mol. The number of aliphatic hydroxyl groups excluding tert-OH is 1. The van der Waals surface area contributed by atoms with Crippen LogP contribution in [0.4, 0.5) is 0 Å². The molecule has 3 N–H and O–H groups in total. The van der Waals surface area contributed by atoms with Crippen molar-refractivity contribution >= 4 is 27.3 Å². The first-order valence-electron chi connectivity index (χ1n) is 6.81. The maximum atomic E-state index is 11.0. The van der Waals surface area contributed by atoms with E-state index in [0.717, 1.165) is 22.2 Å². The minimum atomic E-state index is -0.536. The Kier molecular flexibility index (Phi) is 3.75. The molecule has 2 nitrogen and oxygen atoms in total. The maximum absolute atomic E-state index is 11.0. The average Bonchev–Trinajstić information content (AvgIpc) is 3.00. The summed E-state index contributed by atoms with van der Waals surface area (Å²) in [5, 5.41) is 11.0. The molecule has 1 aromatic heterocycles. The molecule has 1 aromatic carbocycles. The first-order chi connectivity index (χ1) is 9.58. The zero-order valence-electron chi connectivity index (χ0n) is 11.4. The number of fused-ring (bicyclic) bond motifs is 1. The van der Waals surface area contributed by atoms with Crippen LogP contribution in [0, 0.1) is 6.92 Å². The van der Waals surface area contributed by atoms with Gasteiger partial charge in [0.1, 0.15) is 0 Å². The highest BCUT2D eigenvalue weighted by molar-refractivity contribution is 9.10. The smallest absolute Gasteiger partial charge is 0.0991 e. The molecular weight excluding hydrogens is 334 g/mol.